The number of carbonyl (C=O) groups is 1. The molecular formula is C13H20F3N3O. The van der Waals surface area contributed by atoms with Crippen molar-refractivity contribution in [1.29, 1.82) is 0 Å². The molecule has 1 aromatic rings. The number of aromatic nitrogens is 2. The van der Waals surface area contributed by atoms with Crippen molar-refractivity contribution in [3.05, 3.63) is 17.5 Å². The Morgan fingerprint density at radius 3 is 2.35 bits per heavy atom. The van der Waals surface area contributed by atoms with E-state index in [1.807, 2.05) is 0 Å². The van der Waals surface area contributed by atoms with Gasteiger partial charge < -0.3 is 5.32 Å². The summed E-state index contributed by atoms with van der Waals surface area (Å²) in [6.07, 6.45) is -4.50. The predicted molar refractivity (Wildman–Crippen MR) is 69.4 cm³/mol. The first kappa shape index (κ1) is 16.5. The van der Waals surface area contributed by atoms with Crippen molar-refractivity contribution in [2.24, 2.45) is 5.41 Å². The van der Waals surface area contributed by atoms with Crippen LogP contribution in [-0.2, 0) is 6.54 Å². The van der Waals surface area contributed by atoms with E-state index in [0.29, 0.717) is 12.2 Å². The molecule has 0 fully saturated rings. The molecule has 1 heterocycles. The minimum Gasteiger partial charge on any atom is -0.339 e. The van der Waals surface area contributed by atoms with Crippen LogP contribution in [0.4, 0.5) is 13.2 Å². The van der Waals surface area contributed by atoms with Crippen LogP contribution in [0.3, 0.4) is 0 Å². The van der Waals surface area contributed by atoms with Gasteiger partial charge in [0.15, 0.2) is 0 Å². The van der Waals surface area contributed by atoms with Crippen LogP contribution in [0.2, 0.25) is 0 Å². The number of hydrogen-bond acceptors (Lipinski definition) is 2. The number of aryl methyl sites for hydroxylation is 2. The quantitative estimate of drug-likeness (QED) is 0.930. The maximum absolute atomic E-state index is 13.0. The molecule has 114 valence electrons. The van der Waals surface area contributed by atoms with E-state index in [1.165, 1.54) is 31.5 Å². The van der Waals surface area contributed by atoms with Crippen LogP contribution in [0.25, 0.3) is 0 Å². The van der Waals surface area contributed by atoms with Gasteiger partial charge in [-0.3, -0.25) is 9.48 Å². The molecule has 7 heteroatoms. The Morgan fingerprint density at radius 1 is 1.40 bits per heavy atom. The van der Waals surface area contributed by atoms with Crippen LogP contribution in [0.5, 0.6) is 0 Å². The number of carbonyl (C=O) groups excluding carboxylic acids is 1. The van der Waals surface area contributed by atoms with E-state index in [9.17, 15) is 18.0 Å². The van der Waals surface area contributed by atoms with E-state index >= 15 is 0 Å². The lowest BCUT2D eigenvalue weighted by Gasteiger charge is -2.32. The Labute approximate surface area is 116 Å². The molecule has 0 saturated heterocycles. The Balaban J connectivity index is 3.03. The molecule has 0 spiro atoms. The average Bonchev–Trinajstić information content (AvgIpc) is 2.64. The molecule has 1 rings (SSSR count). The van der Waals surface area contributed by atoms with Gasteiger partial charge in [0.25, 0.3) is 5.91 Å². The summed E-state index contributed by atoms with van der Waals surface area (Å²) in [5, 5.41) is 6.13. The summed E-state index contributed by atoms with van der Waals surface area (Å²) < 4.78 is 40.5. The van der Waals surface area contributed by atoms with Gasteiger partial charge in [0.05, 0.1) is 5.69 Å². The van der Waals surface area contributed by atoms with E-state index < -0.39 is 23.5 Å². The second kappa shape index (κ2) is 5.46. The number of hydrogen-bond donors (Lipinski definition) is 1. The molecule has 0 aliphatic heterocycles. The van der Waals surface area contributed by atoms with Gasteiger partial charge in [0, 0.05) is 6.54 Å². The van der Waals surface area contributed by atoms with Crippen LogP contribution in [0, 0.1) is 12.3 Å². The molecule has 0 unspecified atom stereocenters. The summed E-state index contributed by atoms with van der Waals surface area (Å²) in [6, 6.07) is -0.433. The van der Waals surface area contributed by atoms with Gasteiger partial charge in [0.2, 0.25) is 0 Å². The third-order valence-electron chi connectivity index (χ3n) is 2.90. The van der Waals surface area contributed by atoms with E-state index in [4.69, 9.17) is 0 Å². The Bertz CT molecular complexity index is 472. The van der Waals surface area contributed by atoms with E-state index in [0.717, 1.165) is 0 Å². The first-order valence-electron chi connectivity index (χ1n) is 6.38. The fraction of sp³-hybridized carbons (Fsp3) is 0.692. The highest BCUT2D eigenvalue weighted by Crippen LogP contribution is 2.33. The van der Waals surface area contributed by atoms with Crippen molar-refractivity contribution in [1.82, 2.24) is 15.1 Å². The highest BCUT2D eigenvalue weighted by atomic mass is 19.4. The second-order valence-corrected chi connectivity index (χ2v) is 5.80. The largest absolute Gasteiger partial charge is 0.409 e. The molecule has 0 saturated carbocycles. The highest BCUT2D eigenvalue weighted by Gasteiger charge is 2.48. The van der Waals surface area contributed by atoms with Gasteiger partial charge in [-0.2, -0.15) is 18.3 Å². The molecule has 20 heavy (non-hydrogen) atoms. The molecule has 1 aromatic heterocycles. The van der Waals surface area contributed by atoms with Crippen LogP contribution in [0.15, 0.2) is 6.07 Å². The van der Waals surface area contributed by atoms with Crippen LogP contribution < -0.4 is 5.32 Å². The maximum atomic E-state index is 13.0. The monoisotopic (exact) mass is 291 g/mol. The summed E-state index contributed by atoms with van der Waals surface area (Å²) in [4.78, 5) is 12.1. The van der Waals surface area contributed by atoms with E-state index in [2.05, 4.69) is 10.4 Å². The number of nitrogens with zero attached hydrogens (tertiary/aromatic N) is 2. The van der Waals surface area contributed by atoms with Crippen molar-refractivity contribution >= 4 is 5.91 Å². The number of alkyl halides is 3. The van der Waals surface area contributed by atoms with Crippen LogP contribution in [-0.4, -0.2) is 27.9 Å². The zero-order chi connectivity index (χ0) is 15.7. The standard InChI is InChI=1S/C13H20F3N3O/c1-6-19-9(7-8(2)18-19)10(20)17-11(12(3,4)5)13(14,15)16/h7,11H,6H2,1-5H3,(H,17,20)/t11-/m1/s1. The fourth-order valence-corrected chi connectivity index (χ4v) is 1.96. The molecule has 0 bridgehead atoms. The molecule has 0 aliphatic rings. The molecule has 4 nitrogen and oxygen atoms in total. The molecular weight excluding hydrogens is 271 g/mol. The van der Waals surface area contributed by atoms with Crippen molar-refractivity contribution in [2.45, 2.75) is 53.4 Å². The van der Waals surface area contributed by atoms with E-state index in [-0.39, 0.29) is 5.69 Å². The smallest absolute Gasteiger partial charge is 0.339 e. The van der Waals surface area contributed by atoms with Crippen molar-refractivity contribution in [3.63, 3.8) is 0 Å². The number of halogens is 3. The Morgan fingerprint density at radius 2 is 1.95 bits per heavy atom. The van der Waals surface area contributed by atoms with Crippen molar-refractivity contribution < 1.29 is 18.0 Å². The number of nitrogens with one attached hydrogen (secondary N) is 1. The zero-order valence-corrected chi connectivity index (χ0v) is 12.3. The molecule has 0 aromatic carbocycles. The maximum Gasteiger partial charge on any atom is 0.409 e. The third kappa shape index (κ3) is 3.74. The van der Waals surface area contributed by atoms with Gasteiger partial charge in [0.1, 0.15) is 11.7 Å². The second-order valence-electron chi connectivity index (χ2n) is 5.80. The zero-order valence-electron chi connectivity index (χ0n) is 12.3. The predicted octanol–water partition coefficient (Wildman–Crippen LogP) is 2.92. The van der Waals surface area contributed by atoms with Gasteiger partial charge in [-0.25, -0.2) is 0 Å². The first-order valence-corrected chi connectivity index (χ1v) is 6.38. The molecule has 0 aliphatic carbocycles. The SMILES string of the molecule is CCn1nc(C)cc1C(=O)N[C@H](C(C)(C)C)C(F)(F)F. The summed E-state index contributed by atoms with van der Waals surface area (Å²) in [6.45, 7) is 8.19. The van der Waals surface area contributed by atoms with E-state index in [1.54, 1.807) is 13.8 Å². The van der Waals surface area contributed by atoms with Crippen LogP contribution >= 0.6 is 0 Å². The minimum absolute atomic E-state index is 0.142. The molecule has 1 atom stereocenters. The minimum atomic E-state index is -4.50. The Hall–Kier alpha value is -1.53. The Kier molecular flexibility index (Phi) is 4.51. The first-order chi connectivity index (χ1) is 8.96. The van der Waals surface area contributed by atoms with Gasteiger partial charge in [-0.15, -0.1) is 0 Å². The van der Waals surface area contributed by atoms with Crippen molar-refractivity contribution in [3.8, 4) is 0 Å². The van der Waals surface area contributed by atoms with Crippen molar-refractivity contribution in [2.75, 3.05) is 0 Å². The summed E-state index contributed by atoms with van der Waals surface area (Å²) >= 11 is 0. The summed E-state index contributed by atoms with van der Waals surface area (Å²) in [5.74, 6) is -0.760. The normalized spacial score (nSPS) is 14.2. The molecule has 1 N–H and O–H groups in total. The number of amides is 1. The van der Waals surface area contributed by atoms with Gasteiger partial charge >= 0.3 is 6.18 Å². The topological polar surface area (TPSA) is 46.9 Å². The lowest BCUT2D eigenvalue weighted by molar-refractivity contribution is -0.174. The number of rotatable bonds is 3. The molecule has 1 amide bonds. The highest BCUT2D eigenvalue weighted by molar-refractivity contribution is 5.93. The summed E-state index contributed by atoms with van der Waals surface area (Å²) in [7, 11) is 0. The average molecular weight is 291 g/mol. The van der Waals surface area contributed by atoms with Crippen LogP contribution in [0.1, 0.15) is 43.9 Å². The van der Waals surface area contributed by atoms with Gasteiger partial charge in [-0.1, -0.05) is 20.8 Å². The lowest BCUT2D eigenvalue weighted by atomic mass is 9.86. The summed E-state index contributed by atoms with van der Waals surface area (Å²) in [5.41, 5.74) is -0.389. The molecule has 0 radical (unpaired) electrons. The van der Waals surface area contributed by atoms with Gasteiger partial charge in [-0.05, 0) is 25.3 Å². The third-order valence-corrected chi connectivity index (χ3v) is 2.90. The fourth-order valence-electron chi connectivity index (χ4n) is 1.96. The lowest BCUT2D eigenvalue weighted by Crippen LogP contribution is -2.53.